The van der Waals surface area contributed by atoms with Crippen molar-refractivity contribution in [2.24, 2.45) is 5.92 Å². The number of pyridine rings is 1. The summed E-state index contributed by atoms with van der Waals surface area (Å²) in [5.41, 5.74) is 4.54. The fourth-order valence-electron chi connectivity index (χ4n) is 5.99. The molecule has 3 heterocycles. The summed E-state index contributed by atoms with van der Waals surface area (Å²) in [5.74, 6) is 2.61. The van der Waals surface area contributed by atoms with Crippen molar-refractivity contribution in [1.29, 1.82) is 0 Å². The highest BCUT2D eigenvalue weighted by molar-refractivity contribution is 5.37. The lowest BCUT2D eigenvalue weighted by Crippen LogP contribution is -2.34. The molecule has 1 atom stereocenters. The molecule has 32 heavy (non-hydrogen) atoms. The fraction of sp³-hybridized carbons (Fsp3) is 0.607. The van der Waals surface area contributed by atoms with E-state index in [1.54, 1.807) is 5.56 Å². The van der Waals surface area contributed by atoms with Crippen molar-refractivity contribution in [3.05, 3.63) is 59.4 Å². The van der Waals surface area contributed by atoms with E-state index in [1.807, 2.05) is 12.4 Å². The van der Waals surface area contributed by atoms with E-state index in [1.165, 1.54) is 88.8 Å². The second kappa shape index (κ2) is 10.8. The van der Waals surface area contributed by atoms with Gasteiger partial charge in [-0.3, -0.25) is 4.98 Å². The Balaban J connectivity index is 1.01. The molecular formula is C28H39N3O. The average molecular weight is 434 g/mol. The van der Waals surface area contributed by atoms with E-state index >= 15 is 0 Å². The van der Waals surface area contributed by atoms with Gasteiger partial charge < -0.3 is 14.5 Å². The number of benzene rings is 1. The number of aryl methyl sites for hydroxylation is 1. The predicted molar refractivity (Wildman–Crippen MR) is 130 cm³/mol. The van der Waals surface area contributed by atoms with Gasteiger partial charge in [0.25, 0.3) is 0 Å². The Hall–Kier alpha value is -1.91. The molecule has 0 bridgehead atoms. The third-order valence-corrected chi connectivity index (χ3v) is 7.88. The Kier molecular flexibility index (Phi) is 7.40. The molecule has 2 saturated heterocycles. The molecule has 4 nitrogen and oxygen atoms in total. The average Bonchev–Trinajstić information content (AvgIpc) is 3.36. The number of rotatable bonds is 8. The van der Waals surface area contributed by atoms with Gasteiger partial charge in [0.1, 0.15) is 5.75 Å². The summed E-state index contributed by atoms with van der Waals surface area (Å²) in [6.07, 6.45) is 14.1. The van der Waals surface area contributed by atoms with Crippen molar-refractivity contribution in [3.8, 4) is 5.75 Å². The van der Waals surface area contributed by atoms with E-state index in [0.29, 0.717) is 5.92 Å². The number of hydrogen-bond acceptors (Lipinski definition) is 4. The lowest BCUT2D eigenvalue weighted by Gasteiger charge is -2.32. The summed E-state index contributed by atoms with van der Waals surface area (Å²) in [6.45, 7) is 8.30. The molecule has 1 aliphatic carbocycles. The van der Waals surface area contributed by atoms with Crippen LogP contribution >= 0.6 is 0 Å². The van der Waals surface area contributed by atoms with E-state index < -0.39 is 0 Å². The smallest absolute Gasteiger partial charge is 0.119 e. The zero-order valence-corrected chi connectivity index (χ0v) is 19.6. The van der Waals surface area contributed by atoms with Gasteiger partial charge in [-0.1, -0.05) is 6.07 Å². The van der Waals surface area contributed by atoms with Gasteiger partial charge in [-0.05, 0) is 130 Å². The van der Waals surface area contributed by atoms with Crippen molar-refractivity contribution in [3.63, 3.8) is 0 Å². The second-order valence-corrected chi connectivity index (χ2v) is 10.1. The standard InChI is InChI=1S/C28H39N3O/c1-2-15-31(14-1)22-23-4-5-27-21-28(7-6-26(27)20-23)32-19-3-16-30-17-10-25(11-18-30)24-8-12-29-13-9-24/h6-9,12-13,21,23,25H,1-5,10-11,14-20,22H2. The molecule has 2 aliphatic heterocycles. The molecule has 1 unspecified atom stereocenters. The Bertz CT molecular complexity index is 841. The normalized spacial score (nSPS) is 22.7. The molecular weight excluding hydrogens is 394 g/mol. The summed E-state index contributed by atoms with van der Waals surface area (Å²) in [4.78, 5) is 9.43. The van der Waals surface area contributed by atoms with E-state index in [0.717, 1.165) is 31.2 Å². The van der Waals surface area contributed by atoms with Crippen molar-refractivity contribution < 1.29 is 4.74 Å². The van der Waals surface area contributed by atoms with Gasteiger partial charge in [-0.25, -0.2) is 0 Å². The Labute approximate surface area is 194 Å². The first-order valence-electron chi connectivity index (χ1n) is 12.9. The van der Waals surface area contributed by atoms with Gasteiger partial charge in [0.2, 0.25) is 0 Å². The third-order valence-electron chi connectivity index (χ3n) is 7.88. The largest absolute Gasteiger partial charge is 0.494 e. The number of hydrogen-bond donors (Lipinski definition) is 0. The number of ether oxygens (including phenoxy) is 1. The zero-order valence-electron chi connectivity index (χ0n) is 19.6. The summed E-state index contributed by atoms with van der Waals surface area (Å²) in [7, 11) is 0. The topological polar surface area (TPSA) is 28.6 Å². The predicted octanol–water partition coefficient (Wildman–Crippen LogP) is 4.93. The van der Waals surface area contributed by atoms with Crippen LogP contribution < -0.4 is 4.74 Å². The van der Waals surface area contributed by atoms with Crippen LogP contribution in [0.3, 0.4) is 0 Å². The minimum Gasteiger partial charge on any atom is -0.494 e. The fourth-order valence-corrected chi connectivity index (χ4v) is 5.99. The maximum Gasteiger partial charge on any atom is 0.119 e. The van der Waals surface area contributed by atoms with Crippen molar-refractivity contribution in [1.82, 2.24) is 14.8 Å². The minimum absolute atomic E-state index is 0.705. The highest BCUT2D eigenvalue weighted by Crippen LogP contribution is 2.30. The molecule has 4 heteroatoms. The number of nitrogens with zero attached hydrogens (tertiary/aromatic N) is 3. The number of likely N-dealkylation sites (tertiary alicyclic amines) is 2. The quantitative estimate of drug-likeness (QED) is 0.552. The summed E-state index contributed by atoms with van der Waals surface area (Å²) < 4.78 is 6.15. The van der Waals surface area contributed by atoms with Crippen LogP contribution in [0.4, 0.5) is 0 Å². The van der Waals surface area contributed by atoms with Crippen molar-refractivity contribution in [2.75, 3.05) is 45.9 Å². The van der Waals surface area contributed by atoms with Gasteiger partial charge >= 0.3 is 0 Å². The van der Waals surface area contributed by atoms with Crippen LogP contribution in [-0.2, 0) is 12.8 Å². The van der Waals surface area contributed by atoms with Crippen molar-refractivity contribution in [2.45, 2.75) is 57.3 Å². The molecule has 172 valence electrons. The van der Waals surface area contributed by atoms with Crippen LogP contribution in [0.1, 0.15) is 61.1 Å². The zero-order chi connectivity index (χ0) is 21.6. The lowest BCUT2D eigenvalue weighted by molar-refractivity contribution is 0.193. The number of fused-ring (bicyclic) bond motifs is 1. The second-order valence-electron chi connectivity index (χ2n) is 10.1. The molecule has 2 aromatic rings. The first-order chi connectivity index (χ1) is 15.8. The van der Waals surface area contributed by atoms with E-state index in [-0.39, 0.29) is 0 Å². The van der Waals surface area contributed by atoms with Crippen LogP contribution in [0.25, 0.3) is 0 Å². The molecule has 1 aromatic heterocycles. The molecule has 3 aliphatic rings. The molecule has 0 N–H and O–H groups in total. The summed E-state index contributed by atoms with van der Waals surface area (Å²) in [6, 6.07) is 11.2. The maximum absolute atomic E-state index is 6.15. The summed E-state index contributed by atoms with van der Waals surface area (Å²) >= 11 is 0. The van der Waals surface area contributed by atoms with Crippen LogP contribution in [0.5, 0.6) is 5.75 Å². The Morgan fingerprint density at radius 2 is 1.69 bits per heavy atom. The molecule has 0 amide bonds. The van der Waals surface area contributed by atoms with Gasteiger partial charge in [0.05, 0.1) is 6.61 Å². The van der Waals surface area contributed by atoms with Gasteiger partial charge in [-0.2, -0.15) is 0 Å². The third kappa shape index (κ3) is 5.71. The van der Waals surface area contributed by atoms with Crippen LogP contribution in [-0.4, -0.2) is 60.7 Å². The van der Waals surface area contributed by atoms with E-state index in [4.69, 9.17) is 4.74 Å². The molecule has 1 aromatic carbocycles. The monoisotopic (exact) mass is 433 g/mol. The van der Waals surface area contributed by atoms with Crippen molar-refractivity contribution >= 4 is 0 Å². The Morgan fingerprint density at radius 3 is 2.50 bits per heavy atom. The van der Waals surface area contributed by atoms with E-state index in [9.17, 15) is 0 Å². The highest BCUT2D eigenvalue weighted by atomic mass is 16.5. The first-order valence-corrected chi connectivity index (χ1v) is 12.9. The molecule has 0 spiro atoms. The maximum atomic E-state index is 6.15. The van der Waals surface area contributed by atoms with Gasteiger partial charge in [0, 0.05) is 25.5 Å². The minimum atomic E-state index is 0.705. The lowest BCUT2D eigenvalue weighted by atomic mass is 9.83. The summed E-state index contributed by atoms with van der Waals surface area (Å²) in [5, 5.41) is 0. The number of aromatic nitrogens is 1. The van der Waals surface area contributed by atoms with Crippen LogP contribution in [0.15, 0.2) is 42.7 Å². The highest BCUT2D eigenvalue weighted by Gasteiger charge is 2.23. The first kappa shape index (κ1) is 21.9. The van der Waals surface area contributed by atoms with Crippen LogP contribution in [0.2, 0.25) is 0 Å². The SMILES string of the molecule is c1cc(C2CCN(CCCOc3ccc4c(c3)CCC(CN3CCCC3)C4)CC2)ccn1. The number of piperidine rings is 1. The Morgan fingerprint density at radius 1 is 0.875 bits per heavy atom. The molecule has 2 fully saturated rings. The molecule has 5 rings (SSSR count). The van der Waals surface area contributed by atoms with E-state index in [2.05, 4.69) is 45.1 Å². The molecule has 0 radical (unpaired) electrons. The van der Waals surface area contributed by atoms with Crippen LogP contribution in [0, 0.1) is 5.92 Å². The molecule has 0 saturated carbocycles. The van der Waals surface area contributed by atoms with Gasteiger partial charge in [-0.15, -0.1) is 0 Å². The van der Waals surface area contributed by atoms with Gasteiger partial charge in [0.15, 0.2) is 0 Å².